The Hall–Kier alpha value is -4.44. The maximum atomic E-state index is 13.2. The van der Waals surface area contributed by atoms with E-state index in [-0.39, 0.29) is 17.4 Å². The predicted octanol–water partition coefficient (Wildman–Crippen LogP) is 6.10. The van der Waals surface area contributed by atoms with Gasteiger partial charge in [-0.25, -0.2) is 9.97 Å². The van der Waals surface area contributed by atoms with E-state index in [2.05, 4.69) is 29.4 Å². The summed E-state index contributed by atoms with van der Waals surface area (Å²) in [6.07, 6.45) is 7.26. The average molecular weight is 596 g/mol. The maximum Gasteiger partial charge on any atom is 0.253 e. The van der Waals surface area contributed by atoms with E-state index >= 15 is 0 Å². The summed E-state index contributed by atoms with van der Waals surface area (Å²) in [5.41, 5.74) is 6.63. The first-order valence-electron chi connectivity index (χ1n) is 15.2. The van der Waals surface area contributed by atoms with Crippen molar-refractivity contribution in [3.63, 3.8) is 0 Å². The van der Waals surface area contributed by atoms with Gasteiger partial charge in [0.25, 0.3) is 5.91 Å². The van der Waals surface area contributed by atoms with Gasteiger partial charge in [0.2, 0.25) is 11.8 Å². The molecule has 7 rings (SSSR count). The van der Waals surface area contributed by atoms with Crippen molar-refractivity contribution in [1.29, 1.82) is 0 Å². The lowest BCUT2D eigenvalue weighted by Crippen LogP contribution is -2.49. The van der Waals surface area contributed by atoms with Crippen molar-refractivity contribution < 1.29 is 23.4 Å². The summed E-state index contributed by atoms with van der Waals surface area (Å²) in [5.74, 6) is 2.09. The third-order valence-corrected chi connectivity index (χ3v) is 8.67. The summed E-state index contributed by atoms with van der Waals surface area (Å²) in [6.45, 7) is 5.94. The number of aromatic nitrogens is 3. The van der Waals surface area contributed by atoms with E-state index in [0.29, 0.717) is 60.9 Å². The Morgan fingerprint density at radius 2 is 1.93 bits per heavy atom. The van der Waals surface area contributed by atoms with Crippen LogP contribution in [0.4, 0.5) is 11.6 Å². The number of ether oxygens (including phenoxy) is 3. The van der Waals surface area contributed by atoms with Gasteiger partial charge < -0.3 is 28.8 Å². The second-order valence-corrected chi connectivity index (χ2v) is 12.4. The minimum atomic E-state index is -0.0683. The lowest BCUT2D eigenvalue weighted by Gasteiger charge is -2.40. The quantitative estimate of drug-likeness (QED) is 0.245. The number of allylic oxidation sites excluding steroid dienone is 1. The molecular weight excluding hydrogens is 558 g/mol. The van der Waals surface area contributed by atoms with E-state index in [9.17, 15) is 4.79 Å². The number of amides is 1. The van der Waals surface area contributed by atoms with Gasteiger partial charge in [-0.3, -0.25) is 4.79 Å². The van der Waals surface area contributed by atoms with E-state index in [4.69, 9.17) is 28.6 Å². The van der Waals surface area contributed by atoms with Crippen molar-refractivity contribution in [1.82, 2.24) is 19.9 Å². The van der Waals surface area contributed by atoms with Crippen LogP contribution < -0.4 is 14.8 Å². The first-order valence-corrected chi connectivity index (χ1v) is 15.2. The van der Waals surface area contributed by atoms with E-state index < -0.39 is 0 Å². The molecule has 1 amide bonds. The Morgan fingerprint density at radius 3 is 2.68 bits per heavy atom. The van der Waals surface area contributed by atoms with Crippen LogP contribution in [0.5, 0.6) is 11.6 Å². The number of benzene rings is 2. The van der Waals surface area contributed by atoms with Crippen LogP contribution in [0.2, 0.25) is 0 Å². The zero-order chi connectivity index (χ0) is 30.4. The largest absolute Gasteiger partial charge is 0.495 e. The van der Waals surface area contributed by atoms with Gasteiger partial charge in [0.05, 0.1) is 37.3 Å². The van der Waals surface area contributed by atoms with Gasteiger partial charge >= 0.3 is 0 Å². The Labute approximate surface area is 256 Å². The fourth-order valence-electron chi connectivity index (χ4n) is 6.43. The lowest BCUT2D eigenvalue weighted by molar-refractivity contribution is -0.109. The van der Waals surface area contributed by atoms with E-state index in [1.807, 2.05) is 32.2 Å². The second kappa shape index (κ2) is 11.2. The fourth-order valence-corrected chi connectivity index (χ4v) is 6.43. The zero-order valence-corrected chi connectivity index (χ0v) is 25.6. The molecule has 228 valence electrons. The standard InChI is InChI=1S/C34H37N5O5/c1-20-35-26-12-9-21(15-29(26)43-20)24-11-14-27-30(24)31(44-23-7-5-6-8-23)38-33(37-27)36-25-13-10-22(16-28(25)41-4)32(40)39(3)17-34(2)18-42-19-34/h9-13,15-16,23H,5-8,14,17-19H2,1-4H3,(H,36,37,38). The second-order valence-electron chi connectivity index (χ2n) is 12.4. The number of carbonyl (C=O) groups excluding carboxylic acids is 1. The van der Waals surface area contributed by atoms with Gasteiger partial charge in [0.15, 0.2) is 11.5 Å². The number of rotatable bonds is 9. The molecule has 3 heterocycles. The minimum Gasteiger partial charge on any atom is -0.495 e. The van der Waals surface area contributed by atoms with Crippen molar-refractivity contribution in [2.75, 3.05) is 39.2 Å². The van der Waals surface area contributed by atoms with Crippen LogP contribution in [0, 0.1) is 12.3 Å². The molecular formula is C34H37N5O5. The average Bonchev–Trinajstić information content (AvgIpc) is 3.75. The summed E-state index contributed by atoms with van der Waals surface area (Å²) in [7, 11) is 3.41. The highest BCUT2D eigenvalue weighted by Crippen LogP contribution is 2.41. The number of nitrogens with one attached hydrogen (secondary N) is 1. The smallest absolute Gasteiger partial charge is 0.253 e. The molecule has 2 aliphatic carbocycles. The first-order chi connectivity index (χ1) is 21.3. The summed E-state index contributed by atoms with van der Waals surface area (Å²) in [4.78, 5) is 29.2. The molecule has 10 nitrogen and oxygen atoms in total. The van der Waals surface area contributed by atoms with Gasteiger partial charge in [-0.05, 0) is 67.2 Å². The molecule has 1 aliphatic heterocycles. The van der Waals surface area contributed by atoms with E-state index in [1.165, 1.54) is 0 Å². The lowest BCUT2D eigenvalue weighted by atomic mass is 9.88. The molecule has 0 atom stereocenters. The maximum absolute atomic E-state index is 13.2. The van der Waals surface area contributed by atoms with Gasteiger partial charge in [-0.2, -0.15) is 4.98 Å². The minimum absolute atomic E-state index is 0.00430. The molecule has 2 aromatic heterocycles. The highest BCUT2D eigenvalue weighted by atomic mass is 16.5. The molecule has 10 heteroatoms. The molecule has 4 aromatic rings. The van der Waals surface area contributed by atoms with Gasteiger partial charge in [0.1, 0.15) is 17.4 Å². The monoisotopic (exact) mass is 595 g/mol. The number of carbonyl (C=O) groups is 1. The molecule has 0 spiro atoms. The normalized spacial score (nSPS) is 17.2. The molecule has 0 unspecified atom stereocenters. The number of anilines is 2. The molecule has 2 aromatic carbocycles. The summed E-state index contributed by atoms with van der Waals surface area (Å²) in [6, 6.07) is 11.4. The zero-order valence-electron chi connectivity index (χ0n) is 25.6. The molecule has 3 aliphatic rings. The van der Waals surface area contributed by atoms with Crippen LogP contribution in [0.1, 0.15) is 65.7 Å². The van der Waals surface area contributed by atoms with Crippen LogP contribution >= 0.6 is 0 Å². The Bertz CT molecular complexity index is 1770. The molecule has 1 saturated carbocycles. The van der Waals surface area contributed by atoms with Crippen molar-refractivity contribution in [2.24, 2.45) is 5.41 Å². The van der Waals surface area contributed by atoms with Crippen molar-refractivity contribution in [3.05, 3.63) is 70.7 Å². The molecule has 0 bridgehead atoms. The highest BCUT2D eigenvalue weighted by molar-refractivity contribution is 5.95. The summed E-state index contributed by atoms with van der Waals surface area (Å²) >= 11 is 0. The fraction of sp³-hybridized carbons (Fsp3) is 0.412. The van der Waals surface area contributed by atoms with Crippen LogP contribution in [0.3, 0.4) is 0 Å². The highest BCUT2D eigenvalue weighted by Gasteiger charge is 2.36. The number of oxazole rings is 1. The Balaban J connectivity index is 1.18. The van der Waals surface area contributed by atoms with E-state index in [1.54, 1.807) is 24.1 Å². The van der Waals surface area contributed by atoms with Crippen LogP contribution in [-0.4, -0.2) is 65.8 Å². The number of hydrogen-bond donors (Lipinski definition) is 1. The third-order valence-electron chi connectivity index (χ3n) is 8.67. The molecule has 1 saturated heterocycles. The molecule has 44 heavy (non-hydrogen) atoms. The molecule has 0 radical (unpaired) electrons. The molecule has 2 fully saturated rings. The molecule has 1 N–H and O–H groups in total. The number of methoxy groups -OCH3 is 1. The Morgan fingerprint density at radius 1 is 1.11 bits per heavy atom. The first kappa shape index (κ1) is 28.3. The topological polar surface area (TPSA) is 112 Å². The van der Waals surface area contributed by atoms with Crippen LogP contribution in [0.15, 0.2) is 46.9 Å². The third kappa shape index (κ3) is 5.38. The summed E-state index contributed by atoms with van der Waals surface area (Å²) < 4.78 is 23.4. The van der Waals surface area contributed by atoms with Gasteiger partial charge in [-0.1, -0.05) is 19.1 Å². The number of fused-ring (bicyclic) bond motifs is 2. The van der Waals surface area contributed by atoms with Crippen molar-refractivity contribution in [2.45, 2.75) is 52.1 Å². The predicted molar refractivity (Wildman–Crippen MR) is 167 cm³/mol. The van der Waals surface area contributed by atoms with Gasteiger partial charge in [-0.15, -0.1) is 0 Å². The van der Waals surface area contributed by atoms with Crippen LogP contribution in [-0.2, 0) is 11.2 Å². The van der Waals surface area contributed by atoms with Crippen LogP contribution in [0.25, 0.3) is 16.7 Å². The number of nitrogens with zero attached hydrogens (tertiary/aromatic N) is 4. The van der Waals surface area contributed by atoms with E-state index in [0.717, 1.165) is 59.2 Å². The number of aryl methyl sites for hydroxylation is 1. The van der Waals surface area contributed by atoms with Crippen molar-refractivity contribution in [3.8, 4) is 11.6 Å². The Kier molecular flexibility index (Phi) is 7.24. The van der Waals surface area contributed by atoms with Crippen molar-refractivity contribution >= 4 is 34.2 Å². The number of hydrogen-bond acceptors (Lipinski definition) is 9. The van der Waals surface area contributed by atoms with Gasteiger partial charge in [0, 0.05) is 37.9 Å². The summed E-state index contributed by atoms with van der Waals surface area (Å²) in [5, 5.41) is 3.34. The SMILES string of the molecule is COc1cc(C(=O)N(C)CC2(C)COC2)ccc1Nc1nc2c(c(OC3CCCC3)n1)C(c1ccc3nc(C)oc3c1)=CC2.